The van der Waals surface area contributed by atoms with Gasteiger partial charge in [-0.05, 0) is 12.1 Å². The number of aromatic carboxylic acids is 1. The fourth-order valence-corrected chi connectivity index (χ4v) is 2.12. The van der Waals surface area contributed by atoms with Crippen LogP contribution in [0, 0.1) is 0 Å². The Hall–Kier alpha value is -2.90. The van der Waals surface area contributed by atoms with Crippen LogP contribution in [0.4, 0.5) is 10.6 Å². The van der Waals surface area contributed by atoms with E-state index in [1.54, 1.807) is 10.6 Å². The van der Waals surface area contributed by atoms with Crippen molar-refractivity contribution in [1.29, 1.82) is 0 Å². The number of carbonyl (C=O) groups excluding carboxylic acids is 2. The van der Waals surface area contributed by atoms with Crippen molar-refractivity contribution in [3.8, 4) is 0 Å². The van der Waals surface area contributed by atoms with Gasteiger partial charge < -0.3 is 5.11 Å². The third kappa shape index (κ3) is 1.87. The number of nitrogens with one attached hydrogen (secondary N) is 1. The molecule has 3 rings (SSSR count). The smallest absolute Gasteiger partial charge is 0.335 e. The number of imide groups is 1. The molecule has 2 N–H and O–H groups in total. The first-order valence-electron chi connectivity index (χ1n) is 5.88. The minimum absolute atomic E-state index is 0.0309. The van der Waals surface area contributed by atoms with E-state index in [0.29, 0.717) is 11.5 Å². The van der Waals surface area contributed by atoms with Crippen molar-refractivity contribution in [2.45, 2.75) is 6.42 Å². The number of rotatable bonds is 2. The summed E-state index contributed by atoms with van der Waals surface area (Å²) >= 11 is 0. The fourth-order valence-electron chi connectivity index (χ4n) is 2.12. The fraction of sp³-hybridized carbons (Fsp3) is 0.167. The number of hydrogen-bond donors (Lipinski definition) is 2. The first kappa shape index (κ1) is 12.2. The molecule has 1 fully saturated rings. The van der Waals surface area contributed by atoms with Crippen molar-refractivity contribution in [3.05, 3.63) is 30.1 Å². The van der Waals surface area contributed by atoms with Crippen molar-refractivity contribution >= 4 is 29.4 Å². The summed E-state index contributed by atoms with van der Waals surface area (Å²) in [5.74, 6) is -1.09. The Morgan fingerprint density at radius 1 is 1.35 bits per heavy atom. The number of anilines is 1. The van der Waals surface area contributed by atoms with Crippen LogP contribution in [-0.2, 0) is 4.79 Å². The Morgan fingerprint density at radius 2 is 2.15 bits per heavy atom. The van der Waals surface area contributed by atoms with Crippen LogP contribution in [0.3, 0.4) is 0 Å². The number of carboxylic acids is 1. The quantitative estimate of drug-likeness (QED) is 0.828. The van der Waals surface area contributed by atoms with Gasteiger partial charge in [-0.1, -0.05) is 0 Å². The molecule has 102 valence electrons. The monoisotopic (exact) mass is 274 g/mol. The van der Waals surface area contributed by atoms with Gasteiger partial charge in [-0.3, -0.25) is 19.4 Å². The highest BCUT2D eigenvalue weighted by molar-refractivity contribution is 6.05. The van der Waals surface area contributed by atoms with Crippen LogP contribution >= 0.6 is 0 Å². The number of pyridine rings is 1. The Balaban J connectivity index is 2.14. The van der Waals surface area contributed by atoms with Crippen molar-refractivity contribution in [3.63, 3.8) is 0 Å². The van der Waals surface area contributed by atoms with Crippen molar-refractivity contribution in [2.24, 2.45) is 0 Å². The summed E-state index contributed by atoms with van der Waals surface area (Å²) in [5.41, 5.74) is 0.452. The van der Waals surface area contributed by atoms with Gasteiger partial charge in [0.1, 0.15) is 11.5 Å². The molecule has 8 nitrogen and oxygen atoms in total. The second-order valence-electron chi connectivity index (χ2n) is 4.32. The summed E-state index contributed by atoms with van der Waals surface area (Å²) in [4.78, 5) is 39.5. The van der Waals surface area contributed by atoms with Crippen LogP contribution in [0.1, 0.15) is 16.8 Å². The lowest BCUT2D eigenvalue weighted by Crippen LogP contribution is -2.50. The molecule has 0 bridgehead atoms. The Kier molecular flexibility index (Phi) is 2.63. The van der Waals surface area contributed by atoms with Crippen LogP contribution < -0.4 is 10.2 Å². The average Bonchev–Trinajstić information content (AvgIpc) is 2.86. The lowest BCUT2D eigenvalue weighted by molar-refractivity contribution is -0.120. The van der Waals surface area contributed by atoms with E-state index in [0.717, 1.165) is 0 Å². The van der Waals surface area contributed by atoms with E-state index in [-0.39, 0.29) is 24.4 Å². The van der Waals surface area contributed by atoms with Gasteiger partial charge in [0.15, 0.2) is 0 Å². The van der Waals surface area contributed by atoms with E-state index in [9.17, 15) is 14.4 Å². The van der Waals surface area contributed by atoms with E-state index in [1.165, 1.54) is 23.2 Å². The maximum Gasteiger partial charge on any atom is 0.335 e. The van der Waals surface area contributed by atoms with Crippen molar-refractivity contribution in [1.82, 2.24) is 14.7 Å². The number of aromatic nitrogens is 2. The van der Waals surface area contributed by atoms with Gasteiger partial charge in [0.05, 0.1) is 5.56 Å². The van der Waals surface area contributed by atoms with Crippen LogP contribution in [0.25, 0.3) is 5.65 Å². The standard InChI is InChI=1S/C12H10N4O4/c17-9-1-3-16(12(20)14-9)10-6-7(11(18)19)5-8-13-2-4-15(8)10/h2,4-6H,1,3H2,(H,18,19)(H,14,17,20). The van der Waals surface area contributed by atoms with Crippen LogP contribution in [0.5, 0.6) is 0 Å². The summed E-state index contributed by atoms with van der Waals surface area (Å²) in [6.45, 7) is 0.195. The second-order valence-corrected chi connectivity index (χ2v) is 4.32. The van der Waals surface area contributed by atoms with E-state index in [1.807, 2.05) is 0 Å². The molecule has 0 unspecified atom stereocenters. The largest absolute Gasteiger partial charge is 0.478 e. The average molecular weight is 274 g/mol. The molecule has 3 heterocycles. The van der Waals surface area contributed by atoms with Gasteiger partial charge in [0, 0.05) is 25.4 Å². The third-order valence-electron chi connectivity index (χ3n) is 3.06. The van der Waals surface area contributed by atoms with Gasteiger partial charge in [-0.15, -0.1) is 0 Å². The summed E-state index contributed by atoms with van der Waals surface area (Å²) in [6, 6.07) is 2.23. The SMILES string of the molecule is O=C1CCN(c2cc(C(=O)O)cc3nccn23)C(=O)N1. The minimum Gasteiger partial charge on any atom is -0.478 e. The van der Waals surface area contributed by atoms with Crippen molar-refractivity contribution in [2.75, 3.05) is 11.4 Å². The molecule has 8 heteroatoms. The maximum atomic E-state index is 11.9. The molecule has 2 aromatic heterocycles. The highest BCUT2D eigenvalue weighted by Crippen LogP contribution is 2.21. The molecule has 0 atom stereocenters. The molecular formula is C12H10N4O4. The number of hydrogen-bond acceptors (Lipinski definition) is 4. The number of amides is 3. The molecule has 0 aliphatic carbocycles. The van der Waals surface area contributed by atoms with Gasteiger partial charge in [0.2, 0.25) is 5.91 Å². The molecule has 1 saturated heterocycles. The molecule has 0 radical (unpaired) electrons. The Labute approximate surface area is 112 Å². The summed E-state index contributed by atoms with van der Waals surface area (Å²) < 4.78 is 1.60. The first-order valence-corrected chi connectivity index (χ1v) is 5.88. The minimum atomic E-state index is -1.11. The predicted octanol–water partition coefficient (Wildman–Crippen LogP) is 0.479. The molecule has 3 amide bonds. The highest BCUT2D eigenvalue weighted by Gasteiger charge is 2.26. The van der Waals surface area contributed by atoms with E-state index in [2.05, 4.69) is 10.3 Å². The van der Waals surface area contributed by atoms with E-state index < -0.39 is 12.0 Å². The lowest BCUT2D eigenvalue weighted by atomic mass is 10.2. The second kappa shape index (κ2) is 4.34. The van der Waals surface area contributed by atoms with Gasteiger partial charge in [-0.2, -0.15) is 0 Å². The first-order chi connectivity index (χ1) is 9.56. The van der Waals surface area contributed by atoms with Crippen LogP contribution in [0.2, 0.25) is 0 Å². The number of urea groups is 1. The topological polar surface area (TPSA) is 104 Å². The number of carboxylic acid groups (broad SMARTS) is 1. The number of nitrogens with zero attached hydrogens (tertiary/aromatic N) is 3. The maximum absolute atomic E-state index is 11.9. The van der Waals surface area contributed by atoms with E-state index in [4.69, 9.17) is 5.11 Å². The summed E-state index contributed by atoms with van der Waals surface area (Å²) in [6.07, 6.45) is 3.30. The number of fused-ring (bicyclic) bond motifs is 1. The Morgan fingerprint density at radius 3 is 2.85 bits per heavy atom. The third-order valence-corrected chi connectivity index (χ3v) is 3.06. The zero-order chi connectivity index (χ0) is 14.3. The summed E-state index contributed by atoms with van der Waals surface area (Å²) in [5, 5.41) is 11.3. The molecule has 0 spiro atoms. The predicted molar refractivity (Wildman–Crippen MR) is 67.7 cm³/mol. The highest BCUT2D eigenvalue weighted by atomic mass is 16.4. The zero-order valence-electron chi connectivity index (χ0n) is 10.2. The molecule has 1 aliphatic rings. The van der Waals surface area contributed by atoms with E-state index >= 15 is 0 Å². The molecular weight excluding hydrogens is 264 g/mol. The molecule has 2 aromatic rings. The number of carbonyl (C=O) groups is 3. The molecule has 0 aromatic carbocycles. The summed E-state index contributed by atoms with van der Waals surface area (Å²) in [7, 11) is 0. The Bertz CT molecular complexity index is 736. The molecule has 20 heavy (non-hydrogen) atoms. The van der Waals surface area contributed by atoms with Gasteiger partial charge in [0.25, 0.3) is 0 Å². The van der Waals surface area contributed by atoms with Crippen molar-refractivity contribution < 1.29 is 19.5 Å². The molecule has 1 aliphatic heterocycles. The van der Waals surface area contributed by atoms with Gasteiger partial charge in [-0.25, -0.2) is 14.6 Å². The molecule has 0 saturated carbocycles. The lowest BCUT2D eigenvalue weighted by Gasteiger charge is -2.27. The van der Waals surface area contributed by atoms with Gasteiger partial charge >= 0.3 is 12.0 Å². The zero-order valence-corrected chi connectivity index (χ0v) is 10.2. The van der Waals surface area contributed by atoms with Crippen LogP contribution in [-0.4, -0.2) is 38.9 Å². The van der Waals surface area contributed by atoms with Crippen LogP contribution in [0.15, 0.2) is 24.5 Å². The normalized spacial score (nSPS) is 15.5. The number of imidazole rings is 1.